The van der Waals surface area contributed by atoms with Gasteiger partial charge in [-0.25, -0.2) is 4.79 Å². The summed E-state index contributed by atoms with van der Waals surface area (Å²) in [6, 6.07) is 1.57. The maximum absolute atomic E-state index is 12.4. The van der Waals surface area contributed by atoms with Gasteiger partial charge in [0.15, 0.2) is 0 Å². The highest BCUT2D eigenvalue weighted by Gasteiger charge is 2.30. The van der Waals surface area contributed by atoms with Crippen molar-refractivity contribution < 1.29 is 9.53 Å². The largest absolute Gasteiger partial charge is 0.444 e. The number of likely N-dealkylation sites (tertiary alicyclic amines) is 2. The number of hydrogen-bond acceptors (Lipinski definition) is 4. The van der Waals surface area contributed by atoms with Crippen LogP contribution in [0.25, 0.3) is 0 Å². The highest BCUT2D eigenvalue weighted by Crippen LogP contribution is 2.18. The Morgan fingerprint density at radius 3 is 2.39 bits per heavy atom. The number of nitrogens with zero attached hydrogens (tertiary/aromatic N) is 2. The summed E-state index contributed by atoms with van der Waals surface area (Å²) in [5, 5.41) is 3.80. The molecule has 1 N–H and O–H groups in total. The molecule has 5 heteroatoms. The highest BCUT2D eigenvalue weighted by molar-refractivity contribution is 5.68. The summed E-state index contributed by atoms with van der Waals surface area (Å²) in [5.74, 6) is 0. The second kappa shape index (κ2) is 7.84. The molecule has 2 aliphatic rings. The number of carbonyl (C=O) groups is 1. The second-order valence-electron chi connectivity index (χ2n) is 8.36. The van der Waals surface area contributed by atoms with E-state index >= 15 is 0 Å². The van der Waals surface area contributed by atoms with Gasteiger partial charge < -0.3 is 15.0 Å². The van der Waals surface area contributed by atoms with Crippen molar-refractivity contribution in [3.05, 3.63) is 0 Å². The smallest absolute Gasteiger partial charge is 0.410 e. The summed E-state index contributed by atoms with van der Waals surface area (Å²) in [6.07, 6.45) is 4.44. The topological polar surface area (TPSA) is 44.8 Å². The zero-order chi connectivity index (χ0) is 17.0. The van der Waals surface area contributed by atoms with Crippen molar-refractivity contribution in [3.63, 3.8) is 0 Å². The Bertz CT molecular complexity index is 392. The Labute approximate surface area is 141 Å². The van der Waals surface area contributed by atoms with Gasteiger partial charge in [-0.05, 0) is 60.4 Å². The van der Waals surface area contributed by atoms with Gasteiger partial charge in [0.2, 0.25) is 0 Å². The number of amides is 1. The first-order valence-electron chi connectivity index (χ1n) is 9.22. The standard InChI is InChI=1S/C18H35N3O2/c1-14(2)20-11-9-16(12-20)19-15-8-6-7-10-21(13-15)17(22)23-18(3,4)5/h14-16,19H,6-13H2,1-5H3. The maximum atomic E-state index is 12.4. The molecular weight excluding hydrogens is 290 g/mol. The van der Waals surface area contributed by atoms with Crippen LogP contribution < -0.4 is 5.32 Å². The zero-order valence-electron chi connectivity index (χ0n) is 15.6. The van der Waals surface area contributed by atoms with E-state index in [1.165, 1.54) is 19.4 Å². The SMILES string of the molecule is CC(C)N1CCC(NC2CCCCN(C(=O)OC(C)(C)C)C2)C1. The second-order valence-corrected chi connectivity index (χ2v) is 8.36. The first kappa shape index (κ1) is 18.5. The summed E-state index contributed by atoms with van der Waals surface area (Å²) in [4.78, 5) is 16.8. The Hall–Kier alpha value is -0.810. The summed E-state index contributed by atoms with van der Waals surface area (Å²) in [5.41, 5.74) is -0.421. The molecule has 0 aromatic carbocycles. The Morgan fingerprint density at radius 1 is 1.09 bits per heavy atom. The van der Waals surface area contributed by atoms with E-state index in [-0.39, 0.29) is 6.09 Å². The molecule has 0 aromatic rings. The van der Waals surface area contributed by atoms with Crippen molar-refractivity contribution in [2.75, 3.05) is 26.2 Å². The third kappa shape index (κ3) is 5.96. The number of carbonyl (C=O) groups excluding carboxylic acids is 1. The van der Waals surface area contributed by atoms with Crippen LogP contribution in [0.5, 0.6) is 0 Å². The highest BCUT2D eigenvalue weighted by atomic mass is 16.6. The average molecular weight is 325 g/mol. The number of ether oxygens (including phenoxy) is 1. The van der Waals surface area contributed by atoms with Crippen LogP contribution >= 0.6 is 0 Å². The number of rotatable bonds is 3. The van der Waals surface area contributed by atoms with Crippen LogP contribution in [0.15, 0.2) is 0 Å². The van der Waals surface area contributed by atoms with E-state index in [4.69, 9.17) is 4.74 Å². The van der Waals surface area contributed by atoms with Gasteiger partial charge >= 0.3 is 6.09 Å². The summed E-state index contributed by atoms with van der Waals surface area (Å²) >= 11 is 0. The lowest BCUT2D eigenvalue weighted by Crippen LogP contribution is -2.48. The minimum Gasteiger partial charge on any atom is -0.444 e. The van der Waals surface area contributed by atoms with E-state index in [9.17, 15) is 4.79 Å². The van der Waals surface area contributed by atoms with Gasteiger partial charge in [0.1, 0.15) is 5.60 Å². The van der Waals surface area contributed by atoms with Crippen LogP contribution in [0.3, 0.4) is 0 Å². The van der Waals surface area contributed by atoms with Gasteiger partial charge in [-0.2, -0.15) is 0 Å². The minimum atomic E-state index is -0.421. The maximum Gasteiger partial charge on any atom is 0.410 e. The molecule has 0 aromatic heterocycles. The quantitative estimate of drug-likeness (QED) is 0.866. The molecule has 2 fully saturated rings. The van der Waals surface area contributed by atoms with Gasteiger partial charge in [0, 0.05) is 37.8 Å². The van der Waals surface area contributed by atoms with Crippen molar-refractivity contribution in [3.8, 4) is 0 Å². The van der Waals surface area contributed by atoms with Crippen molar-refractivity contribution in [2.24, 2.45) is 0 Å². The Balaban J connectivity index is 1.86. The monoisotopic (exact) mass is 325 g/mol. The lowest BCUT2D eigenvalue weighted by atomic mass is 10.1. The normalized spacial score (nSPS) is 27.3. The van der Waals surface area contributed by atoms with E-state index in [1.807, 2.05) is 25.7 Å². The molecule has 0 spiro atoms. The number of hydrogen-bond donors (Lipinski definition) is 1. The summed E-state index contributed by atoms with van der Waals surface area (Å²) < 4.78 is 5.55. The zero-order valence-corrected chi connectivity index (χ0v) is 15.6. The molecule has 2 saturated heterocycles. The van der Waals surface area contributed by atoms with Crippen LogP contribution in [0.2, 0.25) is 0 Å². The molecule has 23 heavy (non-hydrogen) atoms. The van der Waals surface area contributed by atoms with Crippen molar-refractivity contribution >= 4 is 6.09 Å². The first-order chi connectivity index (χ1) is 10.7. The predicted molar refractivity (Wildman–Crippen MR) is 93.7 cm³/mol. The molecule has 1 amide bonds. The summed E-state index contributed by atoms with van der Waals surface area (Å²) in [6.45, 7) is 14.2. The van der Waals surface area contributed by atoms with Gasteiger partial charge in [-0.3, -0.25) is 4.90 Å². The summed E-state index contributed by atoms with van der Waals surface area (Å²) in [7, 11) is 0. The van der Waals surface area contributed by atoms with Crippen LogP contribution in [0.1, 0.15) is 60.3 Å². The molecular formula is C18H35N3O2. The van der Waals surface area contributed by atoms with Crippen LogP contribution in [0.4, 0.5) is 4.79 Å². The molecule has 5 nitrogen and oxygen atoms in total. The first-order valence-corrected chi connectivity index (χ1v) is 9.22. The Kier molecular flexibility index (Phi) is 6.32. The van der Waals surface area contributed by atoms with Crippen molar-refractivity contribution in [1.82, 2.24) is 15.1 Å². The predicted octanol–water partition coefficient (Wildman–Crippen LogP) is 2.85. The molecule has 0 aliphatic carbocycles. The van der Waals surface area contributed by atoms with E-state index in [0.717, 1.165) is 32.5 Å². The fourth-order valence-corrected chi connectivity index (χ4v) is 3.50. The molecule has 0 radical (unpaired) electrons. The molecule has 0 bridgehead atoms. The van der Waals surface area contributed by atoms with Gasteiger partial charge in [0.25, 0.3) is 0 Å². The Morgan fingerprint density at radius 2 is 1.78 bits per heavy atom. The van der Waals surface area contributed by atoms with Gasteiger partial charge in [-0.1, -0.05) is 6.42 Å². The lowest BCUT2D eigenvalue weighted by molar-refractivity contribution is 0.0242. The van der Waals surface area contributed by atoms with Crippen molar-refractivity contribution in [1.29, 1.82) is 0 Å². The van der Waals surface area contributed by atoms with E-state index in [2.05, 4.69) is 24.1 Å². The van der Waals surface area contributed by atoms with E-state index < -0.39 is 5.60 Å². The van der Waals surface area contributed by atoms with Crippen LogP contribution in [-0.4, -0.2) is 65.8 Å². The van der Waals surface area contributed by atoms with Crippen LogP contribution in [0, 0.1) is 0 Å². The number of nitrogens with one attached hydrogen (secondary N) is 1. The fraction of sp³-hybridized carbons (Fsp3) is 0.944. The molecule has 2 atom stereocenters. The fourth-order valence-electron chi connectivity index (χ4n) is 3.50. The third-order valence-corrected chi connectivity index (χ3v) is 4.74. The molecule has 2 heterocycles. The lowest BCUT2D eigenvalue weighted by Gasteiger charge is -2.30. The van der Waals surface area contributed by atoms with E-state index in [1.54, 1.807) is 0 Å². The molecule has 2 aliphatic heterocycles. The van der Waals surface area contributed by atoms with Crippen LogP contribution in [-0.2, 0) is 4.74 Å². The molecule has 0 saturated carbocycles. The van der Waals surface area contributed by atoms with Crippen molar-refractivity contribution in [2.45, 2.75) is 84.0 Å². The average Bonchev–Trinajstić information content (AvgIpc) is 2.75. The van der Waals surface area contributed by atoms with Gasteiger partial charge in [0.05, 0.1) is 0 Å². The van der Waals surface area contributed by atoms with E-state index in [0.29, 0.717) is 18.1 Å². The van der Waals surface area contributed by atoms with Gasteiger partial charge in [-0.15, -0.1) is 0 Å². The minimum absolute atomic E-state index is 0.165. The molecule has 2 unspecified atom stereocenters. The molecule has 134 valence electrons. The molecule has 2 rings (SSSR count). The third-order valence-electron chi connectivity index (χ3n) is 4.74.